The van der Waals surface area contributed by atoms with E-state index in [2.05, 4.69) is 0 Å². The Morgan fingerprint density at radius 3 is 1.90 bits per heavy atom. The molecule has 5 nitrogen and oxygen atoms in total. The molecule has 1 unspecified atom stereocenters. The van der Waals surface area contributed by atoms with Gasteiger partial charge in [-0.2, -0.15) is 0 Å². The number of carbonyl (C=O) groups excluding carboxylic acids is 1. The van der Waals surface area contributed by atoms with Gasteiger partial charge in [0.15, 0.2) is 6.04 Å². The predicted octanol–water partition coefficient (Wildman–Crippen LogP) is -1.51. The lowest BCUT2D eigenvalue weighted by molar-refractivity contribution is -0.146. The minimum absolute atomic E-state index is 0.850. The first-order valence-corrected chi connectivity index (χ1v) is 2.65. The van der Waals surface area contributed by atoms with E-state index in [-0.39, 0.29) is 0 Å². The molecule has 0 aliphatic carbocycles. The average Bonchev–Trinajstić information content (AvgIpc) is 1.59. The van der Waals surface area contributed by atoms with Gasteiger partial charge in [-0.15, -0.1) is 0 Å². The van der Waals surface area contributed by atoms with Gasteiger partial charge in [0, 0.05) is 0 Å². The van der Waals surface area contributed by atoms with Crippen LogP contribution in [-0.4, -0.2) is 42.0 Å². The fourth-order valence-electron chi connectivity index (χ4n) is 0.597. The summed E-state index contributed by atoms with van der Waals surface area (Å²) in [6.45, 7) is 0. The van der Waals surface area contributed by atoms with E-state index in [0.717, 1.165) is 0 Å². The first kappa shape index (κ1) is 8.90. The third kappa shape index (κ3) is 2.02. The van der Waals surface area contributed by atoms with Gasteiger partial charge >= 0.3 is 5.97 Å². The fourth-order valence-corrected chi connectivity index (χ4v) is 0.597. The van der Waals surface area contributed by atoms with Crippen molar-refractivity contribution in [2.75, 3.05) is 14.1 Å². The Labute approximate surface area is 58.4 Å². The van der Waals surface area contributed by atoms with Gasteiger partial charge in [-0.05, 0) is 14.1 Å². The van der Waals surface area contributed by atoms with Crippen LogP contribution in [0.25, 0.3) is 0 Å². The summed E-state index contributed by atoms with van der Waals surface area (Å²) < 4.78 is 0. The largest absolute Gasteiger partial charge is 0.480 e. The number of carboxylic acid groups (broad SMARTS) is 1. The molecule has 0 rings (SSSR count). The van der Waals surface area contributed by atoms with Crippen LogP contribution in [0.4, 0.5) is 0 Å². The maximum atomic E-state index is 10.4. The zero-order valence-electron chi connectivity index (χ0n) is 5.87. The highest BCUT2D eigenvalue weighted by Gasteiger charge is 2.25. The Morgan fingerprint density at radius 2 is 1.90 bits per heavy atom. The van der Waals surface area contributed by atoms with Gasteiger partial charge in [0.05, 0.1) is 0 Å². The zero-order valence-corrected chi connectivity index (χ0v) is 5.87. The van der Waals surface area contributed by atoms with Crippen LogP contribution < -0.4 is 5.73 Å². The number of nitrogens with zero attached hydrogens (tertiary/aromatic N) is 1. The molecule has 0 aromatic heterocycles. The Morgan fingerprint density at radius 1 is 1.50 bits per heavy atom. The molecule has 0 aliphatic heterocycles. The van der Waals surface area contributed by atoms with Gasteiger partial charge in [0.25, 0.3) is 0 Å². The minimum Gasteiger partial charge on any atom is -0.480 e. The summed E-state index contributed by atoms with van der Waals surface area (Å²) in [4.78, 5) is 21.9. The van der Waals surface area contributed by atoms with Crippen LogP contribution in [0, 0.1) is 0 Å². The summed E-state index contributed by atoms with van der Waals surface area (Å²) in [7, 11) is 2.95. The third-order valence-electron chi connectivity index (χ3n) is 1.02. The molecule has 5 heteroatoms. The number of amides is 1. The highest BCUT2D eigenvalue weighted by molar-refractivity contribution is 6.00. The molecule has 58 valence electrons. The van der Waals surface area contributed by atoms with Crippen molar-refractivity contribution < 1.29 is 14.7 Å². The SMILES string of the molecule is CN(C)C(C(N)=O)C(=O)O. The molecule has 0 radical (unpaired) electrons. The monoisotopic (exact) mass is 146 g/mol. The predicted molar refractivity (Wildman–Crippen MR) is 34.3 cm³/mol. The molecule has 1 amide bonds. The molecule has 0 aromatic rings. The molecular weight excluding hydrogens is 136 g/mol. The Balaban J connectivity index is 4.27. The van der Waals surface area contributed by atoms with Crippen molar-refractivity contribution in [1.82, 2.24) is 4.90 Å². The first-order valence-electron chi connectivity index (χ1n) is 2.65. The molecule has 1 atom stereocenters. The molecule has 0 aliphatic rings. The summed E-state index contributed by atoms with van der Waals surface area (Å²) in [5.74, 6) is -2.07. The summed E-state index contributed by atoms with van der Waals surface area (Å²) >= 11 is 0. The molecule has 0 saturated heterocycles. The smallest absolute Gasteiger partial charge is 0.330 e. The summed E-state index contributed by atoms with van der Waals surface area (Å²) in [5, 5.41) is 8.37. The number of nitrogens with two attached hydrogens (primary N) is 1. The number of aliphatic carboxylic acids is 1. The molecule has 0 aromatic carbocycles. The number of carboxylic acids is 1. The van der Waals surface area contributed by atoms with Crippen molar-refractivity contribution in [2.24, 2.45) is 5.73 Å². The molecule has 0 bridgehead atoms. The van der Waals surface area contributed by atoms with E-state index in [1.807, 2.05) is 0 Å². The van der Waals surface area contributed by atoms with Gasteiger partial charge in [-0.3, -0.25) is 9.69 Å². The van der Waals surface area contributed by atoms with Crippen LogP contribution in [0.2, 0.25) is 0 Å². The van der Waals surface area contributed by atoms with Crippen molar-refractivity contribution in [3.8, 4) is 0 Å². The van der Waals surface area contributed by atoms with E-state index in [1.165, 1.54) is 19.0 Å². The lowest BCUT2D eigenvalue weighted by atomic mass is 10.3. The lowest BCUT2D eigenvalue weighted by Crippen LogP contribution is -2.46. The molecule has 0 spiro atoms. The quantitative estimate of drug-likeness (QED) is 0.474. The third-order valence-corrected chi connectivity index (χ3v) is 1.02. The average molecular weight is 146 g/mol. The second-order valence-electron chi connectivity index (χ2n) is 2.11. The van der Waals surface area contributed by atoms with Gasteiger partial charge in [-0.1, -0.05) is 0 Å². The van der Waals surface area contributed by atoms with Gasteiger partial charge in [-0.25, -0.2) is 4.79 Å². The second kappa shape index (κ2) is 3.17. The Bertz CT molecular complexity index is 141. The van der Waals surface area contributed by atoms with Crippen molar-refractivity contribution in [2.45, 2.75) is 6.04 Å². The van der Waals surface area contributed by atoms with Crippen molar-refractivity contribution in [1.29, 1.82) is 0 Å². The number of likely N-dealkylation sites (N-methyl/N-ethyl adjacent to an activating group) is 1. The number of hydrogen-bond donors (Lipinski definition) is 2. The maximum Gasteiger partial charge on any atom is 0.330 e. The molecule has 0 fully saturated rings. The highest BCUT2D eigenvalue weighted by atomic mass is 16.4. The van der Waals surface area contributed by atoms with Gasteiger partial charge in [0.2, 0.25) is 5.91 Å². The van der Waals surface area contributed by atoms with Crippen LogP contribution in [0.3, 0.4) is 0 Å². The Kier molecular flexibility index (Phi) is 2.82. The number of primary amides is 1. The van der Waals surface area contributed by atoms with E-state index in [1.54, 1.807) is 0 Å². The second-order valence-corrected chi connectivity index (χ2v) is 2.11. The van der Waals surface area contributed by atoms with E-state index in [9.17, 15) is 9.59 Å². The molecule has 0 heterocycles. The zero-order chi connectivity index (χ0) is 8.31. The fraction of sp³-hybridized carbons (Fsp3) is 0.600. The van der Waals surface area contributed by atoms with Crippen LogP contribution in [0.1, 0.15) is 0 Å². The topological polar surface area (TPSA) is 83.6 Å². The van der Waals surface area contributed by atoms with Crippen LogP contribution in [0.5, 0.6) is 0 Å². The molecule has 0 saturated carbocycles. The van der Waals surface area contributed by atoms with Gasteiger partial charge in [0.1, 0.15) is 0 Å². The van der Waals surface area contributed by atoms with Gasteiger partial charge < -0.3 is 10.8 Å². The molecule has 3 N–H and O–H groups in total. The lowest BCUT2D eigenvalue weighted by Gasteiger charge is -2.15. The summed E-state index contributed by atoms with van der Waals surface area (Å²) in [5.41, 5.74) is 4.78. The Hall–Kier alpha value is -1.10. The molecular formula is C5H10N2O3. The molecule has 10 heavy (non-hydrogen) atoms. The van der Waals surface area contributed by atoms with E-state index in [0.29, 0.717) is 0 Å². The van der Waals surface area contributed by atoms with Crippen molar-refractivity contribution in [3.05, 3.63) is 0 Å². The highest BCUT2D eigenvalue weighted by Crippen LogP contribution is 1.90. The summed E-state index contributed by atoms with van der Waals surface area (Å²) in [6.07, 6.45) is 0. The number of rotatable bonds is 3. The summed E-state index contributed by atoms with van der Waals surface area (Å²) in [6, 6.07) is -1.22. The first-order chi connectivity index (χ1) is 4.46. The van der Waals surface area contributed by atoms with E-state index < -0.39 is 17.9 Å². The number of hydrogen-bond acceptors (Lipinski definition) is 3. The van der Waals surface area contributed by atoms with E-state index in [4.69, 9.17) is 10.8 Å². The maximum absolute atomic E-state index is 10.4. The van der Waals surface area contributed by atoms with E-state index >= 15 is 0 Å². The van der Waals surface area contributed by atoms with Crippen LogP contribution in [0.15, 0.2) is 0 Å². The van der Waals surface area contributed by atoms with Crippen molar-refractivity contribution >= 4 is 11.9 Å². The standard InChI is InChI=1S/C5H10N2O3/c1-7(2)3(4(6)8)5(9)10/h3H,1-2H3,(H2,6,8)(H,9,10). The minimum atomic E-state index is -1.22. The van der Waals surface area contributed by atoms with Crippen LogP contribution >= 0.6 is 0 Å². The normalized spacial score (nSPS) is 13.1. The van der Waals surface area contributed by atoms with Crippen LogP contribution in [-0.2, 0) is 9.59 Å². The van der Waals surface area contributed by atoms with Crippen molar-refractivity contribution in [3.63, 3.8) is 0 Å². The number of carbonyl (C=O) groups is 2.